The zero-order chi connectivity index (χ0) is 20.9. The molecule has 5 nitrogen and oxygen atoms in total. The number of hydrogen-bond donors (Lipinski definition) is 0. The Hall–Kier alpha value is -2.68. The smallest absolute Gasteiger partial charge is 0.339 e. The normalized spacial score (nSPS) is 14.2. The van der Waals surface area contributed by atoms with Crippen molar-refractivity contribution >= 4 is 27.5 Å². The molecule has 0 N–H and O–H groups in total. The minimum atomic E-state index is -4.77. The quantitative estimate of drug-likeness (QED) is 0.576. The Bertz CT molecular complexity index is 1170. The Labute approximate surface area is 171 Å². The van der Waals surface area contributed by atoms with Gasteiger partial charge in [-0.3, -0.25) is 14.0 Å². The molecule has 3 aromatic rings. The van der Waals surface area contributed by atoms with E-state index >= 15 is 0 Å². The van der Waals surface area contributed by atoms with Crippen molar-refractivity contribution in [1.29, 1.82) is 0 Å². The van der Waals surface area contributed by atoms with Crippen LogP contribution in [0.25, 0.3) is 16.8 Å². The molecule has 0 atom stereocenters. The number of nitrogens with zero attached hydrogens (tertiary/aromatic N) is 3. The summed E-state index contributed by atoms with van der Waals surface area (Å²) < 4.78 is 40.3. The van der Waals surface area contributed by atoms with Crippen molar-refractivity contribution in [2.24, 2.45) is 0 Å². The van der Waals surface area contributed by atoms with Crippen molar-refractivity contribution in [2.45, 2.75) is 25.1 Å². The highest BCUT2D eigenvalue weighted by atomic mass is 79.9. The molecule has 0 spiro atoms. The number of alkyl halides is 3. The summed E-state index contributed by atoms with van der Waals surface area (Å²) in [7, 11) is 1.76. The van der Waals surface area contributed by atoms with E-state index in [1.165, 1.54) is 6.20 Å². The Kier molecular flexibility index (Phi) is 4.72. The molecule has 1 fully saturated rings. The maximum atomic E-state index is 13.3. The Morgan fingerprint density at radius 2 is 1.86 bits per heavy atom. The number of benzene rings is 1. The predicted octanol–water partition coefficient (Wildman–Crippen LogP) is 4.38. The second kappa shape index (κ2) is 6.98. The number of hydrogen-bond acceptors (Lipinski definition) is 3. The van der Waals surface area contributed by atoms with Gasteiger partial charge in [0, 0.05) is 30.4 Å². The molecule has 4 rings (SSSR count). The first-order valence-corrected chi connectivity index (χ1v) is 9.63. The van der Waals surface area contributed by atoms with E-state index in [9.17, 15) is 22.8 Å². The van der Waals surface area contributed by atoms with Gasteiger partial charge in [-0.2, -0.15) is 13.2 Å². The van der Waals surface area contributed by atoms with Crippen molar-refractivity contribution < 1.29 is 18.0 Å². The van der Waals surface area contributed by atoms with Crippen LogP contribution in [0.3, 0.4) is 0 Å². The predicted molar refractivity (Wildman–Crippen MR) is 105 cm³/mol. The van der Waals surface area contributed by atoms with Crippen LogP contribution >= 0.6 is 15.9 Å². The van der Waals surface area contributed by atoms with Crippen LogP contribution in [0.1, 0.15) is 28.9 Å². The van der Waals surface area contributed by atoms with Crippen molar-refractivity contribution in [3.05, 3.63) is 68.7 Å². The van der Waals surface area contributed by atoms with Gasteiger partial charge < -0.3 is 4.90 Å². The van der Waals surface area contributed by atoms with Crippen LogP contribution in [-0.4, -0.2) is 33.3 Å². The summed E-state index contributed by atoms with van der Waals surface area (Å²) in [6.07, 6.45) is -1.42. The molecule has 0 aliphatic heterocycles. The van der Waals surface area contributed by atoms with Crippen molar-refractivity contribution in [2.75, 3.05) is 7.05 Å². The number of amides is 1. The van der Waals surface area contributed by atoms with Crippen LogP contribution in [0, 0.1) is 0 Å². The third-order valence-electron chi connectivity index (χ3n) is 4.93. The van der Waals surface area contributed by atoms with E-state index in [1.54, 1.807) is 48.3 Å². The van der Waals surface area contributed by atoms with Crippen molar-refractivity contribution in [3.8, 4) is 11.1 Å². The van der Waals surface area contributed by atoms with Gasteiger partial charge in [0.15, 0.2) is 5.69 Å². The number of halogens is 4. The maximum Gasteiger partial charge on any atom is 0.434 e. The van der Waals surface area contributed by atoms with Crippen LogP contribution in [0.2, 0.25) is 0 Å². The first-order valence-electron chi connectivity index (χ1n) is 8.84. The summed E-state index contributed by atoms with van der Waals surface area (Å²) in [5.74, 6) is -0.102. The van der Waals surface area contributed by atoms with Gasteiger partial charge in [0.2, 0.25) is 0 Å². The van der Waals surface area contributed by atoms with E-state index in [1.807, 2.05) is 0 Å². The summed E-state index contributed by atoms with van der Waals surface area (Å²) in [4.78, 5) is 30.3. The van der Waals surface area contributed by atoms with E-state index in [0.717, 1.165) is 17.2 Å². The second-order valence-electron chi connectivity index (χ2n) is 6.92. The van der Waals surface area contributed by atoms with Gasteiger partial charge >= 0.3 is 6.18 Å². The molecule has 2 aromatic heterocycles. The standard InChI is InChI=1S/C20H15BrF3N3O2/c1-26(13-8-9-13)18(28)12-6-4-11(5-7-12)14-3-2-10-27-17(14)25-16(20(22,23)24)15(21)19(27)29/h2-7,10,13H,8-9H2,1H3. The fourth-order valence-corrected chi connectivity index (χ4v) is 3.68. The lowest BCUT2D eigenvalue weighted by Crippen LogP contribution is -2.28. The van der Waals surface area contributed by atoms with Crippen LogP contribution in [-0.2, 0) is 6.18 Å². The van der Waals surface area contributed by atoms with E-state index in [4.69, 9.17) is 0 Å². The molecular weight excluding hydrogens is 451 g/mol. The highest BCUT2D eigenvalue weighted by Gasteiger charge is 2.37. The van der Waals surface area contributed by atoms with E-state index < -0.39 is 21.9 Å². The molecule has 1 aromatic carbocycles. The van der Waals surface area contributed by atoms with Crippen LogP contribution < -0.4 is 5.56 Å². The molecule has 1 aliphatic rings. The number of fused-ring (bicyclic) bond motifs is 1. The summed E-state index contributed by atoms with van der Waals surface area (Å²) in [6.45, 7) is 0. The molecule has 0 unspecified atom stereocenters. The van der Waals surface area contributed by atoms with Gasteiger partial charge in [0.1, 0.15) is 10.1 Å². The van der Waals surface area contributed by atoms with Crippen molar-refractivity contribution in [1.82, 2.24) is 14.3 Å². The lowest BCUT2D eigenvalue weighted by atomic mass is 10.0. The van der Waals surface area contributed by atoms with Gasteiger partial charge in [-0.1, -0.05) is 12.1 Å². The molecule has 2 heterocycles. The number of rotatable bonds is 3. The first-order chi connectivity index (χ1) is 13.7. The maximum absolute atomic E-state index is 13.3. The Balaban J connectivity index is 1.81. The largest absolute Gasteiger partial charge is 0.434 e. The highest BCUT2D eigenvalue weighted by Crippen LogP contribution is 2.33. The summed E-state index contributed by atoms with van der Waals surface area (Å²) in [5.41, 5.74) is -0.822. The summed E-state index contributed by atoms with van der Waals surface area (Å²) >= 11 is 2.72. The number of pyridine rings is 1. The van der Waals surface area contributed by atoms with E-state index in [2.05, 4.69) is 20.9 Å². The summed E-state index contributed by atoms with van der Waals surface area (Å²) in [5, 5.41) is 0. The molecule has 1 amide bonds. The van der Waals surface area contributed by atoms with Crippen molar-refractivity contribution in [3.63, 3.8) is 0 Å². The van der Waals surface area contributed by atoms with Gasteiger partial charge in [-0.05, 0) is 58.6 Å². The highest BCUT2D eigenvalue weighted by molar-refractivity contribution is 9.10. The summed E-state index contributed by atoms with van der Waals surface area (Å²) in [6, 6.07) is 9.96. The minimum absolute atomic E-state index is 0.102. The lowest BCUT2D eigenvalue weighted by molar-refractivity contribution is -0.141. The number of carbonyl (C=O) groups is 1. The fourth-order valence-electron chi connectivity index (χ4n) is 3.18. The first kappa shape index (κ1) is 19.6. The van der Waals surface area contributed by atoms with Gasteiger partial charge in [-0.15, -0.1) is 0 Å². The van der Waals surface area contributed by atoms with Gasteiger partial charge in [0.25, 0.3) is 11.5 Å². The van der Waals surface area contributed by atoms with Crippen LogP contribution in [0.5, 0.6) is 0 Å². The number of carbonyl (C=O) groups excluding carboxylic acids is 1. The Morgan fingerprint density at radius 1 is 1.21 bits per heavy atom. The van der Waals surface area contributed by atoms with Gasteiger partial charge in [0.05, 0.1) is 0 Å². The molecule has 1 saturated carbocycles. The molecule has 9 heteroatoms. The number of aromatic nitrogens is 2. The molecule has 29 heavy (non-hydrogen) atoms. The average Bonchev–Trinajstić information content (AvgIpc) is 3.53. The van der Waals surface area contributed by atoms with E-state index in [0.29, 0.717) is 16.7 Å². The SMILES string of the molecule is CN(C(=O)c1ccc(-c2cccn3c(=O)c(Br)c(C(F)(F)F)nc23)cc1)C1CC1. The molecule has 0 radical (unpaired) electrons. The molecule has 0 saturated heterocycles. The van der Waals surface area contributed by atoms with Crippen LogP contribution in [0.15, 0.2) is 51.9 Å². The van der Waals surface area contributed by atoms with Gasteiger partial charge in [-0.25, -0.2) is 4.98 Å². The molecule has 0 bridgehead atoms. The monoisotopic (exact) mass is 465 g/mol. The topological polar surface area (TPSA) is 54.7 Å². The third-order valence-corrected chi connectivity index (χ3v) is 5.64. The second-order valence-corrected chi connectivity index (χ2v) is 7.71. The zero-order valence-electron chi connectivity index (χ0n) is 15.2. The fraction of sp³-hybridized carbons (Fsp3) is 0.250. The lowest BCUT2D eigenvalue weighted by Gasteiger charge is -2.16. The van der Waals surface area contributed by atoms with E-state index in [-0.39, 0.29) is 17.6 Å². The zero-order valence-corrected chi connectivity index (χ0v) is 16.8. The molecule has 150 valence electrons. The average molecular weight is 466 g/mol. The third kappa shape index (κ3) is 3.55. The molecular formula is C20H15BrF3N3O2. The Morgan fingerprint density at radius 3 is 2.45 bits per heavy atom. The van der Waals surface area contributed by atoms with Crippen LogP contribution in [0.4, 0.5) is 13.2 Å². The minimum Gasteiger partial charge on any atom is -0.339 e. The molecule has 1 aliphatic carbocycles.